The van der Waals surface area contributed by atoms with E-state index in [-0.39, 0.29) is 11.9 Å². The topological polar surface area (TPSA) is 99.2 Å². The minimum Gasteiger partial charge on any atom is -0.466 e. The molecule has 1 aliphatic heterocycles. The van der Waals surface area contributed by atoms with E-state index in [1.165, 1.54) is 16.8 Å². The highest BCUT2D eigenvalue weighted by Crippen LogP contribution is 2.35. The summed E-state index contributed by atoms with van der Waals surface area (Å²) in [5, 5.41) is 4.80. The summed E-state index contributed by atoms with van der Waals surface area (Å²) in [4.78, 5) is 23.3. The SMILES string of the molecule is CCOC(=O)C1CCCN(c2nc(-c3ccc(C(F)(F)F)cc3)c3c(N)n(C)nc3n2)C1. The summed E-state index contributed by atoms with van der Waals surface area (Å²) in [6.07, 6.45) is -2.97. The number of ether oxygens (including phenoxy) is 1. The molecule has 3 heterocycles. The molecule has 3 aromatic rings. The smallest absolute Gasteiger partial charge is 0.416 e. The van der Waals surface area contributed by atoms with E-state index in [0.717, 1.165) is 18.6 Å². The standard InChI is InChI=1S/C21H23F3N6O2/c1-3-32-19(31)13-5-4-10-30(11-13)20-26-16(15-17(25)29(2)28-18(15)27-20)12-6-8-14(9-7-12)21(22,23)24/h6-9,13H,3-5,10-11,25H2,1-2H3. The van der Waals surface area contributed by atoms with Gasteiger partial charge in [-0.1, -0.05) is 12.1 Å². The van der Waals surface area contributed by atoms with Gasteiger partial charge in [0.25, 0.3) is 0 Å². The molecule has 0 aliphatic carbocycles. The largest absolute Gasteiger partial charge is 0.466 e. The van der Waals surface area contributed by atoms with Crippen LogP contribution in [0.4, 0.5) is 24.9 Å². The van der Waals surface area contributed by atoms with Gasteiger partial charge in [0.2, 0.25) is 5.95 Å². The number of aromatic nitrogens is 4. The maximum absolute atomic E-state index is 13.0. The van der Waals surface area contributed by atoms with Crippen LogP contribution in [0.3, 0.4) is 0 Å². The van der Waals surface area contributed by atoms with Crippen LogP contribution < -0.4 is 10.6 Å². The highest BCUT2D eigenvalue weighted by Gasteiger charge is 2.31. The van der Waals surface area contributed by atoms with Gasteiger partial charge in [-0.15, -0.1) is 0 Å². The van der Waals surface area contributed by atoms with Gasteiger partial charge in [0.15, 0.2) is 5.65 Å². The molecule has 1 atom stereocenters. The van der Waals surface area contributed by atoms with Crippen LogP contribution in [0.2, 0.25) is 0 Å². The van der Waals surface area contributed by atoms with Gasteiger partial charge in [-0.05, 0) is 31.9 Å². The average Bonchev–Trinajstić information content (AvgIpc) is 3.06. The number of nitrogens with two attached hydrogens (primary N) is 1. The highest BCUT2D eigenvalue weighted by atomic mass is 19.4. The Bertz CT molecular complexity index is 1140. The number of nitrogen functional groups attached to an aromatic ring is 1. The van der Waals surface area contributed by atoms with E-state index >= 15 is 0 Å². The minimum absolute atomic E-state index is 0.261. The van der Waals surface area contributed by atoms with Crippen molar-refractivity contribution in [3.8, 4) is 11.3 Å². The number of aryl methyl sites for hydroxylation is 1. The zero-order valence-corrected chi connectivity index (χ0v) is 17.7. The van der Waals surface area contributed by atoms with Gasteiger partial charge >= 0.3 is 12.1 Å². The number of carbonyl (C=O) groups is 1. The second-order valence-electron chi connectivity index (χ2n) is 7.69. The Morgan fingerprint density at radius 1 is 1.25 bits per heavy atom. The first-order valence-electron chi connectivity index (χ1n) is 10.3. The van der Waals surface area contributed by atoms with Crippen molar-refractivity contribution in [2.24, 2.45) is 13.0 Å². The normalized spacial score (nSPS) is 17.0. The number of fused-ring (bicyclic) bond motifs is 1. The third-order valence-electron chi connectivity index (χ3n) is 5.54. The van der Waals surface area contributed by atoms with Gasteiger partial charge in [0, 0.05) is 25.7 Å². The van der Waals surface area contributed by atoms with Crippen LogP contribution in [0, 0.1) is 5.92 Å². The Kier molecular flexibility index (Phi) is 5.66. The molecule has 0 spiro atoms. The number of benzene rings is 1. The van der Waals surface area contributed by atoms with Crippen LogP contribution in [-0.4, -0.2) is 45.4 Å². The highest BCUT2D eigenvalue weighted by molar-refractivity contribution is 5.99. The van der Waals surface area contributed by atoms with Crippen molar-refractivity contribution in [2.45, 2.75) is 25.9 Å². The van der Waals surface area contributed by atoms with E-state index in [2.05, 4.69) is 15.1 Å². The van der Waals surface area contributed by atoms with Crippen LogP contribution in [0.15, 0.2) is 24.3 Å². The number of esters is 1. The van der Waals surface area contributed by atoms with Crippen molar-refractivity contribution < 1.29 is 22.7 Å². The lowest BCUT2D eigenvalue weighted by Gasteiger charge is -2.31. The number of alkyl halides is 3. The van der Waals surface area contributed by atoms with E-state index in [9.17, 15) is 18.0 Å². The van der Waals surface area contributed by atoms with E-state index < -0.39 is 11.7 Å². The number of anilines is 2. The fourth-order valence-corrected chi connectivity index (χ4v) is 3.88. The van der Waals surface area contributed by atoms with Crippen molar-refractivity contribution >= 4 is 28.8 Å². The Morgan fingerprint density at radius 2 is 1.97 bits per heavy atom. The quantitative estimate of drug-likeness (QED) is 0.611. The van der Waals surface area contributed by atoms with Crippen molar-refractivity contribution in [1.82, 2.24) is 19.7 Å². The number of hydrogen-bond acceptors (Lipinski definition) is 7. The second kappa shape index (κ2) is 8.29. The fraction of sp³-hybridized carbons (Fsp3) is 0.429. The lowest BCUT2D eigenvalue weighted by molar-refractivity contribution is -0.148. The van der Waals surface area contributed by atoms with Gasteiger partial charge in [-0.2, -0.15) is 23.3 Å². The molecule has 1 aliphatic rings. The Hall–Kier alpha value is -3.37. The molecule has 1 fully saturated rings. The van der Waals surface area contributed by atoms with Crippen molar-refractivity contribution in [2.75, 3.05) is 30.3 Å². The Labute approximate surface area is 182 Å². The van der Waals surface area contributed by atoms with Crippen LogP contribution in [0.5, 0.6) is 0 Å². The summed E-state index contributed by atoms with van der Waals surface area (Å²) in [7, 11) is 1.66. The summed E-state index contributed by atoms with van der Waals surface area (Å²) in [5.41, 5.74) is 6.60. The number of halogens is 3. The minimum atomic E-state index is -4.44. The van der Waals surface area contributed by atoms with Crippen LogP contribution >= 0.6 is 0 Å². The van der Waals surface area contributed by atoms with Gasteiger partial charge in [-0.3, -0.25) is 9.48 Å². The third-order valence-corrected chi connectivity index (χ3v) is 5.54. The third kappa shape index (κ3) is 4.06. The molecule has 1 aromatic carbocycles. The molecule has 170 valence electrons. The molecule has 0 amide bonds. The van der Waals surface area contributed by atoms with E-state index in [1.54, 1.807) is 14.0 Å². The summed E-state index contributed by atoms with van der Waals surface area (Å²) in [5.74, 6) is 0.0960. The molecule has 2 aromatic heterocycles. The monoisotopic (exact) mass is 448 g/mol. The fourth-order valence-electron chi connectivity index (χ4n) is 3.88. The molecule has 8 nitrogen and oxygen atoms in total. The zero-order chi connectivity index (χ0) is 23.0. The molecule has 0 radical (unpaired) electrons. The maximum atomic E-state index is 13.0. The predicted molar refractivity (Wildman–Crippen MR) is 113 cm³/mol. The molecule has 32 heavy (non-hydrogen) atoms. The van der Waals surface area contributed by atoms with Gasteiger partial charge in [0.05, 0.1) is 29.2 Å². The first-order chi connectivity index (χ1) is 15.2. The number of piperidine rings is 1. The molecule has 1 saturated heterocycles. The van der Waals surface area contributed by atoms with E-state index in [4.69, 9.17) is 10.5 Å². The predicted octanol–water partition coefficient (Wildman–Crippen LogP) is 3.41. The van der Waals surface area contributed by atoms with Crippen molar-refractivity contribution in [1.29, 1.82) is 0 Å². The lowest BCUT2D eigenvalue weighted by Crippen LogP contribution is -2.40. The van der Waals surface area contributed by atoms with E-state index in [0.29, 0.717) is 60.2 Å². The Morgan fingerprint density at radius 3 is 2.62 bits per heavy atom. The number of nitrogens with zero attached hydrogens (tertiary/aromatic N) is 5. The summed E-state index contributed by atoms with van der Waals surface area (Å²) < 4.78 is 45.6. The van der Waals surface area contributed by atoms with Crippen LogP contribution in [0.25, 0.3) is 22.3 Å². The summed E-state index contributed by atoms with van der Waals surface area (Å²) >= 11 is 0. The average molecular weight is 448 g/mol. The van der Waals surface area contributed by atoms with Crippen LogP contribution in [-0.2, 0) is 22.8 Å². The number of carbonyl (C=O) groups excluding carboxylic acids is 1. The first kappa shape index (κ1) is 21.8. The molecule has 11 heteroatoms. The molecule has 0 saturated carbocycles. The van der Waals surface area contributed by atoms with E-state index in [1.807, 2.05) is 4.90 Å². The number of hydrogen-bond donors (Lipinski definition) is 1. The molecule has 0 bridgehead atoms. The first-order valence-corrected chi connectivity index (χ1v) is 10.3. The number of rotatable bonds is 4. The summed E-state index contributed by atoms with van der Waals surface area (Å²) in [6, 6.07) is 4.73. The molecule has 1 unspecified atom stereocenters. The molecular weight excluding hydrogens is 425 g/mol. The van der Waals surface area contributed by atoms with Crippen LogP contribution in [0.1, 0.15) is 25.3 Å². The molecular formula is C21H23F3N6O2. The van der Waals surface area contributed by atoms with Gasteiger partial charge in [-0.25, -0.2) is 4.98 Å². The molecule has 4 rings (SSSR count). The molecule has 2 N–H and O–H groups in total. The van der Waals surface area contributed by atoms with Gasteiger partial charge < -0.3 is 15.4 Å². The summed E-state index contributed by atoms with van der Waals surface area (Å²) in [6.45, 7) is 3.09. The maximum Gasteiger partial charge on any atom is 0.416 e. The van der Waals surface area contributed by atoms with Gasteiger partial charge in [0.1, 0.15) is 5.82 Å². The van der Waals surface area contributed by atoms with Crippen molar-refractivity contribution in [3.63, 3.8) is 0 Å². The zero-order valence-electron chi connectivity index (χ0n) is 17.7. The van der Waals surface area contributed by atoms with Crippen molar-refractivity contribution in [3.05, 3.63) is 29.8 Å². The lowest BCUT2D eigenvalue weighted by atomic mass is 9.98. The second-order valence-corrected chi connectivity index (χ2v) is 7.69. The Balaban J connectivity index is 1.77.